The lowest BCUT2D eigenvalue weighted by molar-refractivity contribution is 0.598. The first-order chi connectivity index (χ1) is 6.54. The highest BCUT2D eigenvalue weighted by Gasteiger charge is 2.05. The molecule has 0 saturated heterocycles. The molecule has 0 aromatic heterocycles. The zero-order valence-electron chi connectivity index (χ0n) is 8.19. The third-order valence-electron chi connectivity index (χ3n) is 1.35. The van der Waals surface area contributed by atoms with Crippen LogP contribution in [-0.2, 0) is 10.0 Å². The molecule has 0 heterocycles. The molecule has 0 bridgehead atoms. The minimum absolute atomic E-state index is 0.0708. The van der Waals surface area contributed by atoms with Gasteiger partial charge in [-0.3, -0.25) is 5.84 Å². The molecule has 0 atom stereocenters. The summed E-state index contributed by atoms with van der Waals surface area (Å²) in [5.74, 6) is 5.08. The number of sulfonamides is 1. The zero-order valence-corrected chi connectivity index (χ0v) is 9.01. The van der Waals surface area contributed by atoms with Gasteiger partial charge in [-0.15, -0.1) is 0 Å². The Labute approximate surface area is 84.1 Å². The number of benzene rings is 1. The predicted octanol–water partition coefficient (Wildman–Crippen LogP) is 0.646. The molecule has 0 unspecified atom stereocenters. The van der Waals surface area contributed by atoms with Crippen molar-refractivity contribution in [1.29, 1.82) is 0 Å². The first kappa shape index (κ1) is 12.9. The van der Waals surface area contributed by atoms with Crippen LogP contribution < -0.4 is 16.4 Å². The molecule has 0 aliphatic rings. The van der Waals surface area contributed by atoms with Crippen molar-refractivity contribution in [3.05, 3.63) is 24.3 Å². The number of nitrogens with one attached hydrogen (secondary N) is 1. The summed E-state index contributed by atoms with van der Waals surface area (Å²) in [6.07, 6.45) is 0. The van der Waals surface area contributed by atoms with Crippen molar-refractivity contribution >= 4 is 15.7 Å². The van der Waals surface area contributed by atoms with Gasteiger partial charge in [-0.25, -0.2) is 13.6 Å². The smallest absolute Gasteiger partial charge is 0.238 e. The van der Waals surface area contributed by atoms with Crippen molar-refractivity contribution in [2.75, 3.05) is 5.43 Å². The fourth-order valence-electron chi connectivity index (χ4n) is 0.741. The summed E-state index contributed by atoms with van der Waals surface area (Å²) in [6, 6.07) is 5.81. The van der Waals surface area contributed by atoms with E-state index >= 15 is 0 Å². The predicted molar refractivity (Wildman–Crippen MR) is 57.0 cm³/mol. The molecule has 0 aliphatic heterocycles. The van der Waals surface area contributed by atoms with Gasteiger partial charge >= 0.3 is 0 Å². The van der Waals surface area contributed by atoms with E-state index in [1.807, 2.05) is 13.8 Å². The molecule has 6 heteroatoms. The van der Waals surface area contributed by atoms with Gasteiger partial charge in [-0.05, 0) is 24.3 Å². The Balaban J connectivity index is 0.000000791. The first-order valence-electron chi connectivity index (χ1n) is 4.13. The average Bonchev–Trinajstić information content (AvgIpc) is 2.20. The highest BCUT2D eigenvalue weighted by Crippen LogP contribution is 2.10. The molecule has 0 radical (unpaired) electrons. The highest BCUT2D eigenvalue weighted by molar-refractivity contribution is 7.89. The minimum Gasteiger partial charge on any atom is -0.324 e. The average molecular weight is 217 g/mol. The number of rotatable bonds is 2. The van der Waals surface area contributed by atoms with Crippen LogP contribution in [0.1, 0.15) is 13.8 Å². The van der Waals surface area contributed by atoms with Crippen LogP contribution in [0, 0.1) is 0 Å². The van der Waals surface area contributed by atoms with Gasteiger partial charge in [0.2, 0.25) is 10.0 Å². The lowest BCUT2D eigenvalue weighted by Crippen LogP contribution is -2.12. The Morgan fingerprint density at radius 1 is 1.14 bits per heavy atom. The van der Waals surface area contributed by atoms with E-state index in [0.717, 1.165) is 0 Å². The van der Waals surface area contributed by atoms with Gasteiger partial charge in [0.15, 0.2) is 0 Å². The molecule has 0 aliphatic carbocycles. The number of nitrogens with two attached hydrogens (primary N) is 2. The van der Waals surface area contributed by atoms with Crippen LogP contribution in [0.5, 0.6) is 0 Å². The topological polar surface area (TPSA) is 98.2 Å². The van der Waals surface area contributed by atoms with E-state index in [9.17, 15) is 8.42 Å². The largest absolute Gasteiger partial charge is 0.324 e. The number of hydrogen-bond acceptors (Lipinski definition) is 4. The molecule has 5 N–H and O–H groups in total. The summed E-state index contributed by atoms with van der Waals surface area (Å²) >= 11 is 0. The second kappa shape index (κ2) is 5.58. The lowest BCUT2D eigenvalue weighted by Gasteiger charge is -2.00. The van der Waals surface area contributed by atoms with Crippen molar-refractivity contribution in [3.63, 3.8) is 0 Å². The maximum absolute atomic E-state index is 10.8. The first-order valence-corrected chi connectivity index (χ1v) is 5.68. The standard InChI is InChI=1S/C6H9N3O2S.C2H6/c7-9-5-1-3-6(4-2-5)12(8,10)11;1-2/h1-4,9H,7H2,(H2,8,10,11);1-2H3. The van der Waals surface area contributed by atoms with Crippen LogP contribution in [0.2, 0.25) is 0 Å². The Kier molecular flexibility index (Phi) is 5.14. The summed E-state index contributed by atoms with van der Waals surface area (Å²) in [6.45, 7) is 4.00. The van der Waals surface area contributed by atoms with Crippen molar-refractivity contribution in [3.8, 4) is 0 Å². The third-order valence-corrected chi connectivity index (χ3v) is 2.28. The molecule has 1 rings (SSSR count). The quantitative estimate of drug-likeness (QED) is 0.500. The van der Waals surface area contributed by atoms with Crippen molar-refractivity contribution in [1.82, 2.24) is 0 Å². The molecule has 0 fully saturated rings. The van der Waals surface area contributed by atoms with Gasteiger partial charge in [-0.1, -0.05) is 13.8 Å². The van der Waals surface area contributed by atoms with E-state index in [4.69, 9.17) is 11.0 Å². The number of hydrazine groups is 1. The van der Waals surface area contributed by atoms with Gasteiger partial charge in [0.1, 0.15) is 0 Å². The van der Waals surface area contributed by atoms with E-state index in [1.165, 1.54) is 24.3 Å². The fraction of sp³-hybridized carbons (Fsp3) is 0.250. The number of hydrogen-bond donors (Lipinski definition) is 3. The molecular formula is C8H15N3O2S. The Morgan fingerprint density at radius 2 is 1.57 bits per heavy atom. The van der Waals surface area contributed by atoms with Crippen molar-refractivity contribution < 1.29 is 8.42 Å². The molecule has 0 amide bonds. The SMILES string of the molecule is CC.NNc1ccc(S(N)(=O)=O)cc1. The monoisotopic (exact) mass is 217 g/mol. The number of anilines is 1. The van der Waals surface area contributed by atoms with Crippen LogP contribution in [0.25, 0.3) is 0 Å². The van der Waals surface area contributed by atoms with Crippen LogP contribution in [0.3, 0.4) is 0 Å². The van der Waals surface area contributed by atoms with Gasteiger partial charge in [-0.2, -0.15) is 0 Å². The Hall–Kier alpha value is -1.11. The third kappa shape index (κ3) is 3.73. The molecule has 0 saturated carbocycles. The molecule has 1 aromatic rings. The fourth-order valence-corrected chi connectivity index (χ4v) is 1.26. The number of primary sulfonamides is 1. The summed E-state index contributed by atoms with van der Waals surface area (Å²) in [5.41, 5.74) is 3.00. The van der Waals surface area contributed by atoms with E-state index in [-0.39, 0.29) is 4.90 Å². The maximum atomic E-state index is 10.8. The molecule has 0 spiro atoms. The van der Waals surface area contributed by atoms with Crippen LogP contribution >= 0.6 is 0 Å². The molecular weight excluding hydrogens is 202 g/mol. The molecule has 5 nitrogen and oxygen atoms in total. The van der Waals surface area contributed by atoms with Crippen LogP contribution in [-0.4, -0.2) is 8.42 Å². The van der Waals surface area contributed by atoms with E-state index in [1.54, 1.807) is 0 Å². The lowest BCUT2D eigenvalue weighted by atomic mass is 10.3. The van der Waals surface area contributed by atoms with Crippen molar-refractivity contribution in [2.24, 2.45) is 11.0 Å². The molecule has 14 heavy (non-hydrogen) atoms. The minimum atomic E-state index is -3.60. The van der Waals surface area contributed by atoms with E-state index in [0.29, 0.717) is 5.69 Å². The van der Waals surface area contributed by atoms with Crippen LogP contribution in [0.15, 0.2) is 29.2 Å². The summed E-state index contributed by atoms with van der Waals surface area (Å²) < 4.78 is 21.5. The second-order valence-corrected chi connectivity index (χ2v) is 3.78. The summed E-state index contributed by atoms with van der Waals surface area (Å²) in [7, 11) is -3.60. The Morgan fingerprint density at radius 3 is 1.86 bits per heavy atom. The van der Waals surface area contributed by atoms with Gasteiger partial charge in [0.25, 0.3) is 0 Å². The Bertz CT molecular complexity index is 359. The van der Waals surface area contributed by atoms with Crippen molar-refractivity contribution in [2.45, 2.75) is 18.7 Å². The number of nitrogen functional groups attached to an aromatic ring is 1. The van der Waals surface area contributed by atoms with E-state index < -0.39 is 10.0 Å². The van der Waals surface area contributed by atoms with Crippen LogP contribution in [0.4, 0.5) is 5.69 Å². The molecule has 80 valence electrons. The van der Waals surface area contributed by atoms with Gasteiger partial charge in [0, 0.05) is 5.69 Å². The normalized spacial score (nSPS) is 10.0. The highest BCUT2D eigenvalue weighted by atomic mass is 32.2. The summed E-state index contributed by atoms with van der Waals surface area (Å²) in [5, 5.41) is 4.87. The maximum Gasteiger partial charge on any atom is 0.238 e. The summed E-state index contributed by atoms with van der Waals surface area (Å²) in [4.78, 5) is 0.0708. The van der Waals surface area contributed by atoms with Gasteiger partial charge in [0.05, 0.1) is 4.90 Å². The van der Waals surface area contributed by atoms with E-state index in [2.05, 4.69) is 5.43 Å². The molecule has 1 aromatic carbocycles. The van der Waals surface area contributed by atoms with Gasteiger partial charge < -0.3 is 5.43 Å². The zero-order chi connectivity index (χ0) is 11.2. The second-order valence-electron chi connectivity index (χ2n) is 2.21.